The normalized spacial score (nSPS) is 16.4. The number of hydrogen-bond acceptors (Lipinski definition) is 4. The van der Waals surface area contributed by atoms with Crippen LogP contribution in [0.3, 0.4) is 0 Å². The minimum absolute atomic E-state index is 0.0350. The molecule has 0 aliphatic rings. The highest BCUT2D eigenvalue weighted by Gasteiger charge is 2.16. The Kier molecular flexibility index (Phi) is 9.33. The van der Waals surface area contributed by atoms with E-state index in [0.29, 0.717) is 25.7 Å². The van der Waals surface area contributed by atoms with Gasteiger partial charge in [-0.2, -0.15) is 0 Å². The van der Waals surface area contributed by atoms with Gasteiger partial charge in [0.2, 0.25) is 0 Å². The molecule has 4 nitrogen and oxygen atoms in total. The van der Waals surface area contributed by atoms with Gasteiger partial charge in [0.15, 0.2) is 0 Å². The molecule has 0 spiro atoms. The van der Waals surface area contributed by atoms with Gasteiger partial charge in [0, 0.05) is 19.3 Å². The highest BCUT2D eigenvalue weighted by Crippen LogP contribution is 2.08. The van der Waals surface area contributed by atoms with Crippen LogP contribution in [0.25, 0.3) is 0 Å². The van der Waals surface area contributed by atoms with Gasteiger partial charge in [0.1, 0.15) is 5.91 Å². The van der Waals surface area contributed by atoms with Crippen molar-refractivity contribution in [3.63, 3.8) is 0 Å². The Bertz CT molecular complexity index is 141. The van der Waals surface area contributed by atoms with Gasteiger partial charge in [0.05, 0.1) is 9.52 Å². The molecule has 0 fully saturated rings. The molecule has 0 rings (SSSR count). The van der Waals surface area contributed by atoms with Crippen molar-refractivity contribution < 1.29 is 9.47 Å². The molecule has 4 N–H and O–H groups in total. The maximum absolute atomic E-state index is 5.84. The summed E-state index contributed by atoms with van der Waals surface area (Å²) in [5.74, 6) is 0.452. The van der Waals surface area contributed by atoms with Crippen molar-refractivity contribution in [2.75, 3.05) is 19.8 Å². The van der Waals surface area contributed by atoms with Gasteiger partial charge in [-0.15, -0.1) is 0 Å². The summed E-state index contributed by atoms with van der Waals surface area (Å²) in [6.45, 7) is 8.09. The highest BCUT2D eigenvalue weighted by molar-refractivity contribution is 6.36. The molecule has 0 saturated heterocycles. The summed E-state index contributed by atoms with van der Waals surface area (Å²) < 4.78 is 11.0. The molecule has 0 aromatic carbocycles. The van der Waals surface area contributed by atoms with Crippen molar-refractivity contribution in [2.24, 2.45) is 17.4 Å². The molecule has 2 unspecified atom stereocenters. The third-order valence-electron chi connectivity index (χ3n) is 2.52. The number of hydrogen-bond donors (Lipinski definition) is 2. The van der Waals surface area contributed by atoms with Crippen LogP contribution in [0.1, 0.15) is 20.8 Å². The summed E-state index contributed by atoms with van der Waals surface area (Å²) in [5.41, 5.74) is 11.5. The largest absolute Gasteiger partial charge is 0.357 e. The molecule has 2 atom stereocenters. The molecule has 92 valence electrons. The first-order chi connectivity index (χ1) is 7.15. The van der Waals surface area contributed by atoms with Crippen LogP contribution >= 0.6 is 0 Å². The average Bonchev–Trinajstić information content (AvgIpc) is 2.18. The number of nitrogens with two attached hydrogens (primary N) is 2. The highest BCUT2D eigenvalue weighted by atomic mass is 28.2. The summed E-state index contributed by atoms with van der Waals surface area (Å²) in [5, 5.41) is 0. The van der Waals surface area contributed by atoms with Crippen LogP contribution in [0.4, 0.5) is 0 Å². The van der Waals surface area contributed by atoms with E-state index in [1.54, 1.807) is 0 Å². The van der Waals surface area contributed by atoms with E-state index in [0.717, 1.165) is 6.04 Å². The average molecular weight is 234 g/mol. The molecule has 5 heteroatoms. The van der Waals surface area contributed by atoms with Crippen molar-refractivity contribution in [2.45, 2.75) is 38.8 Å². The van der Waals surface area contributed by atoms with Gasteiger partial charge >= 0.3 is 0 Å². The maximum Gasteiger partial charge on any atom is 0.134 e. The van der Waals surface area contributed by atoms with Gasteiger partial charge in [-0.3, -0.25) is 0 Å². The summed E-state index contributed by atoms with van der Waals surface area (Å²) in [6.07, 6.45) is 0. The van der Waals surface area contributed by atoms with Crippen molar-refractivity contribution in [3.05, 3.63) is 0 Å². The van der Waals surface area contributed by atoms with Gasteiger partial charge < -0.3 is 20.9 Å². The zero-order valence-corrected chi connectivity index (χ0v) is 11.7. The van der Waals surface area contributed by atoms with Crippen LogP contribution < -0.4 is 11.5 Å². The molecule has 0 heterocycles. The molecule has 0 amide bonds. The van der Waals surface area contributed by atoms with Crippen LogP contribution in [0.15, 0.2) is 0 Å². The first kappa shape index (κ1) is 15.1. The van der Waals surface area contributed by atoms with Gasteiger partial charge in [0.25, 0.3) is 0 Å². The zero-order chi connectivity index (χ0) is 11.7. The van der Waals surface area contributed by atoms with E-state index < -0.39 is 9.52 Å². The second-order valence-electron chi connectivity index (χ2n) is 3.77. The molecule has 0 aliphatic heterocycles. The molecule has 0 saturated carbocycles. The Hall–Kier alpha value is 0.0569. The Balaban J connectivity index is 3.84. The minimum Gasteiger partial charge on any atom is -0.357 e. The lowest BCUT2D eigenvalue weighted by Gasteiger charge is -2.22. The number of rotatable bonds is 9. The van der Waals surface area contributed by atoms with Crippen molar-refractivity contribution in [1.82, 2.24) is 0 Å². The summed E-state index contributed by atoms with van der Waals surface area (Å²) in [4.78, 5) is 0. The smallest absolute Gasteiger partial charge is 0.134 e. The summed E-state index contributed by atoms with van der Waals surface area (Å²) in [6, 6.07) is 1.27. The third-order valence-corrected chi connectivity index (χ3v) is 4.54. The molecule has 15 heavy (non-hydrogen) atoms. The molecule has 0 aromatic rings. The Morgan fingerprint density at radius 1 is 1.20 bits per heavy atom. The van der Waals surface area contributed by atoms with E-state index >= 15 is 0 Å². The van der Waals surface area contributed by atoms with E-state index in [2.05, 4.69) is 0 Å². The van der Waals surface area contributed by atoms with Crippen LogP contribution in [0.2, 0.25) is 6.04 Å². The standard InChI is InChI=1S/C10H26N2O2Si/c1-4-13-10(14-5-2)15-7-9(6-11)8(3)12/h8-10H,4-7,11-12,15H2,1-3H3. The number of ether oxygens (including phenoxy) is 2. The predicted octanol–water partition coefficient (Wildman–Crippen LogP) is -0.148. The second-order valence-corrected chi connectivity index (χ2v) is 5.59. The molecule has 0 bridgehead atoms. The third kappa shape index (κ3) is 7.02. The second kappa shape index (κ2) is 9.29. The lowest BCUT2D eigenvalue weighted by molar-refractivity contribution is -0.0829. The Morgan fingerprint density at radius 3 is 2.07 bits per heavy atom. The van der Waals surface area contributed by atoms with E-state index in [9.17, 15) is 0 Å². The first-order valence-corrected chi connectivity index (χ1v) is 7.66. The fraction of sp³-hybridized carbons (Fsp3) is 1.00. The zero-order valence-electron chi connectivity index (χ0n) is 10.2. The molecular weight excluding hydrogens is 208 g/mol. The minimum atomic E-state index is -0.402. The van der Waals surface area contributed by atoms with E-state index in [1.165, 1.54) is 0 Å². The molecule has 0 aromatic heterocycles. The Labute approximate surface area is 95.5 Å². The molecule has 0 aliphatic carbocycles. The Morgan fingerprint density at radius 2 is 1.73 bits per heavy atom. The monoisotopic (exact) mass is 234 g/mol. The van der Waals surface area contributed by atoms with E-state index in [1.807, 2.05) is 20.8 Å². The van der Waals surface area contributed by atoms with Crippen molar-refractivity contribution in [1.29, 1.82) is 0 Å². The lowest BCUT2D eigenvalue weighted by Crippen LogP contribution is -2.36. The van der Waals surface area contributed by atoms with Crippen LogP contribution in [0, 0.1) is 5.92 Å². The SMILES string of the molecule is CCOC(OCC)[SiH2]CC(CN)C(C)N. The van der Waals surface area contributed by atoms with Crippen LogP contribution in [-0.2, 0) is 9.47 Å². The summed E-state index contributed by atoms with van der Waals surface area (Å²) >= 11 is 0. The van der Waals surface area contributed by atoms with Gasteiger partial charge in [-0.05, 0) is 33.2 Å². The van der Waals surface area contributed by atoms with Gasteiger partial charge in [-0.1, -0.05) is 6.04 Å². The topological polar surface area (TPSA) is 70.5 Å². The maximum atomic E-state index is 5.84. The quantitative estimate of drug-likeness (QED) is 0.430. The fourth-order valence-electron chi connectivity index (χ4n) is 1.53. The van der Waals surface area contributed by atoms with Crippen molar-refractivity contribution >= 4 is 9.52 Å². The van der Waals surface area contributed by atoms with Crippen molar-refractivity contribution in [3.8, 4) is 0 Å². The lowest BCUT2D eigenvalue weighted by atomic mass is 10.1. The molecule has 0 radical (unpaired) electrons. The fourth-order valence-corrected chi connectivity index (χ4v) is 3.80. The van der Waals surface area contributed by atoms with Gasteiger partial charge in [-0.25, -0.2) is 0 Å². The van der Waals surface area contributed by atoms with Crippen LogP contribution in [-0.4, -0.2) is 41.2 Å². The van der Waals surface area contributed by atoms with E-state index in [-0.39, 0.29) is 12.0 Å². The first-order valence-electron chi connectivity index (χ1n) is 5.84. The van der Waals surface area contributed by atoms with Crippen LogP contribution in [0.5, 0.6) is 0 Å². The molecular formula is C10H26N2O2Si. The van der Waals surface area contributed by atoms with E-state index in [4.69, 9.17) is 20.9 Å². The summed E-state index contributed by atoms with van der Waals surface area (Å²) in [7, 11) is -0.402. The predicted molar refractivity (Wildman–Crippen MR) is 66.6 cm³/mol.